The Morgan fingerprint density at radius 1 is 1.02 bits per heavy atom. The molecule has 1 aromatic heterocycles. The molecule has 1 aliphatic rings. The summed E-state index contributed by atoms with van der Waals surface area (Å²) in [4.78, 5) is 69.9. The maximum absolute atomic E-state index is 12.0. The number of carbonyl (C=O) groups excluding carboxylic acids is 4. The van der Waals surface area contributed by atoms with Crippen LogP contribution in [0.5, 0.6) is 0 Å². The normalized spacial score (nSPS) is 14.6. The fourth-order valence-corrected chi connectivity index (χ4v) is 4.83. The number of nitrogens with one attached hydrogen (secondary N) is 3. The smallest absolute Gasteiger partial charge is 0.779 e. The minimum Gasteiger partial charge on any atom is -0.779 e. The number of carbonyl (C=O) groups is 4. The first-order chi connectivity index (χ1) is 21.8. The van der Waals surface area contributed by atoms with Crippen LogP contribution in [0.25, 0.3) is 10.9 Å². The molecule has 4 amide bonds. The molecule has 0 radical (unpaired) electrons. The molecule has 1 aliphatic heterocycles. The first-order valence-corrected chi connectivity index (χ1v) is 17.7. The number of rotatable bonds is 13. The van der Waals surface area contributed by atoms with Gasteiger partial charge in [0.2, 0.25) is 24.1 Å². The van der Waals surface area contributed by atoms with Crippen molar-refractivity contribution in [3.8, 4) is 0 Å². The predicted octanol–water partition coefficient (Wildman–Crippen LogP) is -0.0934. The number of para-hydroxylation sites is 1. The van der Waals surface area contributed by atoms with Crippen LogP contribution in [0, 0.1) is 6.92 Å². The second kappa shape index (κ2) is 28.1. The minimum absolute atomic E-state index is 0. The van der Waals surface area contributed by atoms with E-state index in [-0.39, 0.29) is 89.1 Å². The van der Waals surface area contributed by atoms with Crippen LogP contribution in [-0.2, 0) is 23.7 Å². The van der Waals surface area contributed by atoms with E-state index in [1.807, 2.05) is 38.2 Å². The first kappa shape index (κ1) is 47.3. The van der Waals surface area contributed by atoms with Gasteiger partial charge in [0.25, 0.3) is 0 Å². The monoisotopic (exact) mass is 707 g/mol. The third-order valence-corrected chi connectivity index (χ3v) is 7.85. The van der Waals surface area contributed by atoms with Crippen LogP contribution in [-0.4, -0.2) is 84.1 Å². The van der Waals surface area contributed by atoms with E-state index in [1.165, 1.54) is 23.8 Å². The Morgan fingerprint density at radius 3 is 2.19 bits per heavy atom. The summed E-state index contributed by atoms with van der Waals surface area (Å²) in [5.41, 5.74) is 2.37. The van der Waals surface area contributed by atoms with Gasteiger partial charge in [-0.15, -0.1) is 0 Å². The van der Waals surface area contributed by atoms with E-state index in [0.717, 1.165) is 44.2 Å². The number of hydrogen-bond acceptors (Lipinski definition) is 7. The number of benzene rings is 1. The van der Waals surface area contributed by atoms with Gasteiger partial charge in [-0.25, -0.2) is 0 Å². The van der Waals surface area contributed by atoms with Gasteiger partial charge in [0.05, 0.1) is 25.2 Å². The number of aromatic nitrogens is 1. The topological polar surface area (TPSA) is 182 Å². The molecule has 15 heteroatoms. The molecule has 0 aliphatic carbocycles. The molecule has 0 saturated carbocycles. The summed E-state index contributed by atoms with van der Waals surface area (Å²) in [6, 6.07) is 8.40. The van der Waals surface area contributed by atoms with Gasteiger partial charge in [0, 0.05) is 30.3 Å². The molecule has 2 aromatic rings. The molecule has 1 aromatic carbocycles. The van der Waals surface area contributed by atoms with Crippen molar-refractivity contribution in [1.29, 1.82) is 0 Å². The second-order valence-corrected chi connectivity index (χ2v) is 12.6. The van der Waals surface area contributed by atoms with Gasteiger partial charge in [-0.3, -0.25) is 19.2 Å². The van der Waals surface area contributed by atoms with E-state index in [1.54, 1.807) is 16.7 Å². The molecule has 2 unspecified atom stereocenters. The van der Waals surface area contributed by atoms with Gasteiger partial charge in [0.1, 0.15) is 14.7 Å². The summed E-state index contributed by atoms with van der Waals surface area (Å²) in [5, 5.41) is 8.24. The van der Waals surface area contributed by atoms with E-state index >= 15 is 0 Å². The summed E-state index contributed by atoms with van der Waals surface area (Å²) in [7, 11) is -2.27. The number of fused-ring (bicyclic) bond motifs is 1. The second-order valence-electron chi connectivity index (χ2n) is 10.9. The average Bonchev–Trinajstić information content (AvgIpc) is 3.37. The Bertz CT molecular complexity index is 1220. The van der Waals surface area contributed by atoms with Gasteiger partial charge in [0.15, 0.2) is 0 Å². The zero-order valence-electron chi connectivity index (χ0n) is 29.4. The molecular weight excluding hydrogens is 652 g/mol. The van der Waals surface area contributed by atoms with E-state index in [4.69, 9.17) is 9.73 Å². The maximum atomic E-state index is 12.0. The number of nitrogens with zero attached hydrogens (tertiary/aromatic N) is 2. The number of aryl methyl sites for hydroxylation is 1. The van der Waals surface area contributed by atoms with E-state index in [9.17, 15) is 28.6 Å². The molecule has 1 saturated heterocycles. The summed E-state index contributed by atoms with van der Waals surface area (Å²) in [5.74, 6) is -1.01. The largest absolute Gasteiger partial charge is 1.00 e. The van der Waals surface area contributed by atoms with Crippen molar-refractivity contribution in [2.24, 2.45) is 0 Å². The van der Waals surface area contributed by atoms with E-state index in [0.29, 0.717) is 12.8 Å². The molecule has 4 N–H and O–H groups in total. The molecule has 262 valence electrons. The quantitative estimate of drug-likeness (QED) is 0.0965. The van der Waals surface area contributed by atoms with Crippen molar-refractivity contribution < 1.29 is 89.8 Å². The summed E-state index contributed by atoms with van der Waals surface area (Å²) >= 11 is 0. The Hall–Kier alpha value is -1.77. The zero-order valence-corrected chi connectivity index (χ0v) is 33.4. The van der Waals surface area contributed by atoms with Crippen molar-refractivity contribution >= 4 is 42.6 Å². The minimum atomic E-state index is -3.95. The van der Waals surface area contributed by atoms with Crippen LogP contribution in [0.15, 0.2) is 30.5 Å². The summed E-state index contributed by atoms with van der Waals surface area (Å²) in [6.07, 6.45) is 10.5. The van der Waals surface area contributed by atoms with Gasteiger partial charge in [-0.05, 0) is 51.2 Å². The standard InChI is InChI=1S/C13H22N4O4.C10H11NO.C5H13O3P.C4H10.K/c1-10-4-2-3-5-17(10)13(21)8-16-12(20)7-15-11(19)6-14-9-18;1-8-7-11(12-2)10-6-4-3-5-9(8)10;1-2-3-4-5-9(6,7)8;1-3-4-2;/h9-10H,2-8H2,1H3,(H,14,18)(H,15,19)(H,16,20);3-7H,1-2H3;2-5H2,1H3,(H2,6,7,8);3-4H2,1-2H3;/q;;;;+1/p-1. The third-order valence-electron chi connectivity index (χ3n) is 6.97. The predicted molar refractivity (Wildman–Crippen MR) is 179 cm³/mol. The van der Waals surface area contributed by atoms with E-state index in [2.05, 4.69) is 42.8 Å². The molecule has 13 nitrogen and oxygen atoms in total. The Kier molecular flexibility index (Phi) is 28.3. The summed E-state index contributed by atoms with van der Waals surface area (Å²) < 4.78 is 11.9. The van der Waals surface area contributed by atoms with Crippen molar-refractivity contribution in [3.05, 3.63) is 36.0 Å². The molecular formula is C32H55KN5O8P. The molecule has 1 fully saturated rings. The van der Waals surface area contributed by atoms with Crippen LogP contribution < -0.4 is 77.1 Å². The van der Waals surface area contributed by atoms with Crippen LogP contribution in [0.2, 0.25) is 0 Å². The molecule has 3 rings (SSSR count). The third kappa shape index (κ3) is 22.5. The van der Waals surface area contributed by atoms with Crippen LogP contribution in [0.1, 0.15) is 84.6 Å². The molecule has 47 heavy (non-hydrogen) atoms. The fourth-order valence-electron chi connectivity index (χ4n) is 4.21. The fraction of sp³-hybridized carbons (Fsp3) is 0.625. The SMILES string of the molecule is CC1CCCCN1C(=O)CNC(=O)CNC(=O)CNC=O.CCCC.CCCCCP(=O)([O-])O.COn1cc(C)c2ccccc21.[K+]. The number of hydrogen-bond donors (Lipinski definition) is 4. The molecule has 0 bridgehead atoms. The van der Waals surface area contributed by atoms with Crippen LogP contribution >= 0.6 is 7.60 Å². The van der Waals surface area contributed by atoms with Gasteiger partial charge < -0.3 is 40.0 Å². The molecule has 2 atom stereocenters. The van der Waals surface area contributed by atoms with Crippen molar-refractivity contribution in [3.63, 3.8) is 0 Å². The Balaban J connectivity index is 0. The van der Waals surface area contributed by atoms with Crippen LogP contribution in [0.3, 0.4) is 0 Å². The van der Waals surface area contributed by atoms with Crippen molar-refractivity contribution in [2.75, 3.05) is 39.5 Å². The van der Waals surface area contributed by atoms with Crippen molar-refractivity contribution in [2.45, 2.75) is 92.0 Å². The van der Waals surface area contributed by atoms with Crippen LogP contribution in [0.4, 0.5) is 0 Å². The Morgan fingerprint density at radius 2 is 1.64 bits per heavy atom. The Labute approximate surface area is 322 Å². The summed E-state index contributed by atoms with van der Waals surface area (Å²) in [6.45, 7) is 10.7. The molecule has 0 spiro atoms. The van der Waals surface area contributed by atoms with Gasteiger partial charge in [-0.1, -0.05) is 64.7 Å². The van der Waals surface area contributed by atoms with E-state index < -0.39 is 19.4 Å². The number of amides is 4. The number of piperidine rings is 1. The first-order valence-electron chi connectivity index (χ1n) is 16.0. The number of unbranched alkanes of at least 4 members (excludes halogenated alkanes) is 3. The zero-order chi connectivity index (χ0) is 35.0. The number of likely N-dealkylation sites (tertiary alicyclic amines) is 1. The molecule has 2 heterocycles. The maximum Gasteiger partial charge on any atom is 1.00 e. The van der Waals surface area contributed by atoms with Gasteiger partial charge >= 0.3 is 51.4 Å². The van der Waals surface area contributed by atoms with Crippen molar-refractivity contribution in [1.82, 2.24) is 25.6 Å². The van der Waals surface area contributed by atoms with Gasteiger partial charge in [-0.2, -0.15) is 4.73 Å². The average molecular weight is 708 g/mol.